The molecule has 0 bridgehead atoms. The number of nitro benzene ring substituents is 1. The highest BCUT2D eigenvalue weighted by atomic mass is 32.1. The molecular weight excluding hydrogens is 486 g/mol. The maximum atomic E-state index is 13.5. The third-order valence-electron chi connectivity index (χ3n) is 7.98. The minimum Gasteiger partial charge on any atom is -0.368 e. The molecule has 9 heteroatoms. The molecule has 0 unspecified atom stereocenters. The van der Waals surface area contributed by atoms with E-state index in [0.29, 0.717) is 21.2 Å². The SMILES string of the molecule is C[C@@H]1CCCCN1c1cc(N2CCCC[C@@H]2C)c([N+](=O)[O-])cc1/C=c1/sc2nc3ccccc3n2c1=O. The van der Waals surface area contributed by atoms with Crippen molar-refractivity contribution in [2.24, 2.45) is 0 Å². The number of imidazole rings is 1. The molecule has 0 amide bonds. The maximum Gasteiger partial charge on any atom is 0.293 e. The van der Waals surface area contributed by atoms with Crippen molar-refractivity contribution in [2.75, 3.05) is 22.9 Å². The van der Waals surface area contributed by atoms with Crippen molar-refractivity contribution in [3.63, 3.8) is 0 Å². The third-order valence-corrected chi connectivity index (χ3v) is 8.95. The lowest BCUT2D eigenvalue weighted by Gasteiger charge is -2.39. The normalized spacial score (nSPS) is 21.3. The minimum atomic E-state index is -0.274. The second kappa shape index (κ2) is 9.45. The van der Waals surface area contributed by atoms with Crippen LogP contribution < -0.4 is 19.9 Å². The van der Waals surface area contributed by atoms with Crippen LogP contribution in [0.1, 0.15) is 57.9 Å². The summed E-state index contributed by atoms with van der Waals surface area (Å²) < 4.78 is 2.18. The van der Waals surface area contributed by atoms with Gasteiger partial charge >= 0.3 is 0 Å². The molecule has 4 aromatic rings. The first-order valence-corrected chi connectivity index (χ1v) is 14.0. The molecule has 192 valence electrons. The quantitative estimate of drug-likeness (QED) is 0.276. The van der Waals surface area contributed by atoms with E-state index >= 15 is 0 Å². The lowest BCUT2D eigenvalue weighted by Crippen LogP contribution is -2.40. The Labute approximate surface area is 219 Å². The molecule has 37 heavy (non-hydrogen) atoms. The summed E-state index contributed by atoms with van der Waals surface area (Å²) in [5, 5.41) is 12.3. The number of nitro groups is 1. The summed E-state index contributed by atoms with van der Waals surface area (Å²) in [7, 11) is 0. The Morgan fingerprint density at radius 1 is 1.00 bits per heavy atom. The Bertz CT molecular complexity index is 1610. The van der Waals surface area contributed by atoms with Gasteiger partial charge < -0.3 is 9.80 Å². The third kappa shape index (κ3) is 4.15. The van der Waals surface area contributed by atoms with Gasteiger partial charge in [-0.05, 0) is 76.6 Å². The van der Waals surface area contributed by atoms with E-state index in [-0.39, 0.29) is 22.2 Å². The first-order valence-electron chi connectivity index (χ1n) is 13.2. The molecule has 2 fully saturated rings. The second-order valence-electron chi connectivity index (χ2n) is 10.4. The Morgan fingerprint density at radius 3 is 2.35 bits per heavy atom. The van der Waals surface area contributed by atoms with Crippen molar-refractivity contribution in [1.82, 2.24) is 9.38 Å². The summed E-state index contributed by atoms with van der Waals surface area (Å²) in [6, 6.07) is 11.9. The van der Waals surface area contributed by atoms with Gasteiger partial charge in [0.2, 0.25) is 0 Å². The number of nitrogens with zero attached hydrogens (tertiary/aromatic N) is 5. The van der Waals surface area contributed by atoms with E-state index in [4.69, 9.17) is 0 Å². The van der Waals surface area contributed by atoms with Crippen LogP contribution in [-0.2, 0) is 0 Å². The zero-order valence-corrected chi connectivity index (χ0v) is 22.0. The van der Waals surface area contributed by atoms with Crippen LogP contribution in [0.4, 0.5) is 17.1 Å². The van der Waals surface area contributed by atoms with E-state index in [1.54, 1.807) is 10.5 Å². The van der Waals surface area contributed by atoms with Crippen molar-refractivity contribution < 1.29 is 4.92 Å². The standard InChI is InChI=1S/C28H31N5O3S/c1-18-9-5-7-13-30(18)23-17-24(31-14-8-6-10-19(31)2)25(33(35)36)15-20(23)16-26-27(34)32-22-12-4-3-11-21(22)29-28(32)37-26/h3-4,11-12,15-19H,5-10,13-14H2,1-2H3/b26-16+/t18-,19+/m1/s1. The minimum absolute atomic E-state index is 0.104. The van der Waals surface area contributed by atoms with Crippen LogP contribution >= 0.6 is 11.3 Å². The highest BCUT2D eigenvalue weighted by Crippen LogP contribution is 2.40. The molecule has 4 heterocycles. The van der Waals surface area contributed by atoms with Gasteiger partial charge in [0.25, 0.3) is 11.2 Å². The second-order valence-corrected chi connectivity index (χ2v) is 11.4. The summed E-state index contributed by atoms with van der Waals surface area (Å²) in [5.41, 5.74) is 3.92. The predicted molar refractivity (Wildman–Crippen MR) is 150 cm³/mol. The van der Waals surface area contributed by atoms with Crippen molar-refractivity contribution in [3.8, 4) is 0 Å². The molecule has 0 spiro atoms. The van der Waals surface area contributed by atoms with Crippen LogP contribution in [0.15, 0.2) is 41.2 Å². The van der Waals surface area contributed by atoms with Gasteiger partial charge in [-0.15, -0.1) is 0 Å². The van der Waals surface area contributed by atoms with E-state index in [9.17, 15) is 14.9 Å². The van der Waals surface area contributed by atoms with Crippen LogP contribution in [-0.4, -0.2) is 39.5 Å². The number of hydrogen-bond acceptors (Lipinski definition) is 7. The number of benzene rings is 2. The van der Waals surface area contributed by atoms with Gasteiger partial charge in [-0.3, -0.25) is 14.9 Å². The smallest absolute Gasteiger partial charge is 0.293 e. The van der Waals surface area contributed by atoms with Gasteiger partial charge in [0.1, 0.15) is 5.69 Å². The Kier molecular flexibility index (Phi) is 6.10. The van der Waals surface area contributed by atoms with Gasteiger partial charge in [-0.2, -0.15) is 0 Å². The fourth-order valence-electron chi connectivity index (χ4n) is 5.99. The first-order chi connectivity index (χ1) is 17.9. The maximum absolute atomic E-state index is 13.5. The molecule has 2 atom stereocenters. The summed E-state index contributed by atoms with van der Waals surface area (Å²) in [5.74, 6) is 0. The average Bonchev–Trinajstić information content (AvgIpc) is 3.40. The lowest BCUT2D eigenvalue weighted by molar-refractivity contribution is -0.384. The van der Waals surface area contributed by atoms with Gasteiger partial charge in [0.15, 0.2) is 4.96 Å². The lowest BCUT2D eigenvalue weighted by atomic mass is 9.98. The van der Waals surface area contributed by atoms with Crippen molar-refractivity contribution in [2.45, 2.75) is 64.5 Å². The number of aromatic nitrogens is 2. The van der Waals surface area contributed by atoms with Gasteiger partial charge in [-0.1, -0.05) is 23.5 Å². The van der Waals surface area contributed by atoms with E-state index in [0.717, 1.165) is 67.5 Å². The largest absolute Gasteiger partial charge is 0.368 e. The Morgan fingerprint density at radius 2 is 1.68 bits per heavy atom. The summed E-state index contributed by atoms with van der Waals surface area (Å²) >= 11 is 1.33. The molecule has 0 N–H and O–H groups in total. The average molecular weight is 518 g/mol. The molecule has 2 saturated heterocycles. The number of anilines is 2. The van der Waals surface area contributed by atoms with E-state index in [1.165, 1.54) is 17.8 Å². The van der Waals surface area contributed by atoms with Crippen molar-refractivity contribution in [3.05, 3.63) is 67.0 Å². The molecule has 6 rings (SSSR count). The molecule has 0 saturated carbocycles. The van der Waals surface area contributed by atoms with E-state index in [2.05, 4.69) is 28.6 Å². The molecule has 2 aromatic carbocycles. The van der Waals surface area contributed by atoms with Gasteiger partial charge in [0.05, 0.1) is 20.5 Å². The fraction of sp³-hybridized carbons (Fsp3) is 0.429. The summed E-state index contributed by atoms with van der Waals surface area (Å²) in [6.07, 6.45) is 8.40. The van der Waals surface area contributed by atoms with Crippen LogP contribution in [0, 0.1) is 10.1 Å². The molecule has 8 nitrogen and oxygen atoms in total. The van der Waals surface area contributed by atoms with Crippen molar-refractivity contribution in [1.29, 1.82) is 0 Å². The van der Waals surface area contributed by atoms with E-state index < -0.39 is 0 Å². The molecular formula is C28H31N5O3S. The Hall–Kier alpha value is -3.46. The number of rotatable bonds is 4. The summed E-state index contributed by atoms with van der Waals surface area (Å²) in [6.45, 7) is 6.09. The zero-order chi connectivity index (χ0) is 25.7. The van der Waals surface area contributed by atoms with Crippen LogP contribution in [0.5, 0.6) is 0 Å². The van der Waals surface area contributed by atoms with Crippen LogP contribution in [0.25, 0.3) is 22.1 Å². The fourth-order valence-corrected chi connectivity index (χ4v) is 6.97. The topological polar surface area (TPSA) is 84.0 Å². The number of hydrogen-bond donors (Lipinski definition) is 0. The number of para-hydroxylation sites is 2. The van der Waals surface area contributed by atoms with Gasteiger partial charge in [-0.25, -0.2) is 9.38 Å². The van der Waals surface area contributed by atoms with E-state index in [1.807, 2.05) is 36.4 Å². The Balaban J connectivity index is 1.57. The highest BCUT2D eigenvalue weighted by molar-refractivity contribution is 7.15. The number of piperidine rings is 2. The number of fused-ring (bicyclic) bond motifs is 3. The summed E-state index contributed by atoms with van der Waals surface area (Å²) in [4.78, 5) is 35.4. The predicted octanol–water partition coefficient (Wildman–Crippen LogP) is 5.12. The first kappa shape index (κ1) is 23.9. The molecule has 0 radical (unpaired) electrons. The number of thiazole rings is 1. The monoisotopic (exact) mass is 517 g/mol. The molecule has 2 aliphatic rings. The van der Waals surface area contributed by atoms with Gasteiger partial charge in [0, 0.05) is 42.5 Å². The van der Waals surface area contributed by atoms with Crippen molar-refractivity contribution >= 4 is 50.5 Å². The molecule has 0 aliphatic carbocycles. The highest BCUT2D eigenvalue weighted by Gasteiger charge is 2.30. The van der Waals surface area contributed by atoms with Crippen LogP contribution in [0.2, 0.25) is 0 Å². The zero-order valence-electron chi connectivity index (χ0n) is 21.2. The van der Waals surface area contributed by atoms with Crippen LogP contribution in [0.3, 0.4) is 0 Å². The molecule has 2 aliphatic heterocycles. The molecule has 2 aromatic heterocycles.